The second kappa shape index (κ2) is 9.02. The SMILES string of the molecule is CC#CCn1c(=O)n(-c2ccc(=O)[nH]c2)c2nc(OC(=O)C(F)(F)F)nc(N3CCNCC3)c21. The number of carbonyl (C=O) groups excluding carboxylic acids is 1. The summed E-state index contributed by atoms with van der Waals surface area (Å²) in [7, 11) is 0. The van der Waals surface area contributed by atoms with E-state index in [-0.39, 0.29) is 29.2 Å². The largest absolute Gasteiger partial charge is 0.491 e. The van der Waals surface area contributed by atoms with E-state index in [1.54, 1.807) is 11.8 Å². The van der Waals surface area contributed by atoms with Gasteiger partial charge in [-0.3, -0.25) is 9.36 Å². The van der Waals surface area contributed by atoms with Crippen LogP contribution in [0.2, 0.25) is 0 Å². The first-order valence-corrected chi connectivity index (χ1v) is 10.1. The van der Waals surface area contributed by atoms with Gasteiger partial charge >= 0.3 is 23.8 Å². The molecule has 0 saturated carbocycles. The summed E-state index contributed by atoms with van der Waals surface area (Å²) in [6.45, 7) is 3.51. The number of hydrogen-bond donors (Lipinski definition) is 2. The Balaban J connectivity index is 2.03. The molecule has 14 heteroatoms. The summed E-state index contributed by atoms with van der Waals surface area (Å²) in [6, 6.07) is 1.67. The van der Waals surface area contributed by atoms with Crippen molar-refractivity contribution < 1.29 is 22.7 Å². The van der Waals surface area contributed by atoms with Crippen LogP contribution in [-0.2, 0) is 11.3 Å². The maximum atomic E-state index is 13.4. The Morgan fingerprint density at radius 1 is 1.21 bits per heavy atom. The summed E-state index contributed by atoms with van der Waals surface area (Å²) >= 11 is 0. The smallest absolute Gasteiger partial charge is 0.384 e. The lowest BCUT2D eigenvalue weighted by atomic mass is 10.3. The molecule has 0 radical (unpaired) electrons. The highest BCUT2D eigenvalue weighted by atomic mass is 19.4. The molecule has 1 fully saturated rings. The Hall–Kier alpha value is -4.12. The summed E-state index contributed by atoms with van der Waals surface area (Å²) in [6.07, 6.45) is -4.01. The minimum absolute atomic E-state index is 0.0493. The summed E-state index contributed by atoms with van der Waals surface area (Å²) in [5.41, 5.74) is -0.755. The molecule has 1 aliphatic heterocycles. The summed E-state index contributed by atoms with van der Waals surface area (Å²) in [5, 5.41) is 3.15. The topological polar surface area (TPSA) is 127 Å². The van der Waals surface area contributed by atoms with Crippen molar-refractivity contribution in [2.24, 2.45) is 0 Å². The van der Waals surface area contributed by atoms with Gasteiger partial charge in [0.2, 0.25) is 5.56 Å². The number of piperazine rings is 1. The first-order chi connectivity index (χ1) is 16.2. The Morgan fingerprint density at radius 2 is 1.94 bits per heavy atom. The van der Waals surface area contributed by atoms with E-state index in [1.165, 1.54) is 22.9 Å². The molecule has 0 aliphatic carbocycles. The zero-order valence-electron chi connectivity index (χ0n) is 17.8. The third-order valence-electron chi connectivity index (χ3n) is 5.00. The summed E-state index contributed by atoms with van der Waals surface area (Å²) < 4.78 is 45.3. The van der Waals surface area contributed by atoms with Crippen LogP contribution in [-0.4, -0.2) is 62.4 Å². The predicted molar refractivity (Wildman–Crippen MR) is 114 cm³/mol. The molecule has 3 aromatic heterocycles. The van der Waals surface area contributed by atoms with Gasteiger partial charge in [-0.2, -0.15) is 23.1 Å². The van der Waals surface area contributed by atoms with Gasteiger partial charge in [0.05, 0.1) is 12.2 Å². The fraction of sp³-hybridized carbons (Fsp3) is 0.350. The van der Waals surface area contributed by atoms with Crippen LogP contribution in [0.1, 0.15) is 6.92 Å². The normalized spacial score (nSPS) is 14.1. The first kappa shape index (κ1) is 23.1. The minimum Gasteiger partial charge on any atom is -0.384 e. The van der Waals surface area contributed by atoms with Gasteiger partial charge in [0.15, 0.2) is 11.5 Å². The molecule has 0 spiro atoms. The predicted octanol–water partition coefficient (Wildman–Crippen LogP) is 0.171. The minimum atomic E-state index is -5.27. The average molecular weight is 477 g/mol. The van der Waals surface area contributed by atoms with Crippen molar-refractivity contribution in [1.29, 1.82) is 0 Å². The van der Waals surface area contributed by atoms with E-state index in [9.17, 15) is 27.6 Å². The lowest BCUT2D eigenvalue weighted by Crippen LogP contribution is -2.44. The van der Waals surface area contributed by atoms with E-state index in [1.807, 2.05) is 0 Å². The number of pyridine rings is 1. The number of nitrogens with zero attached hydrogens (tertiary/aromatic N) is 5. The van der Waals surface area contributed by atoms with Crippen molar-refractivity contribution >= 4 is 23.0 Å². The molecule has 0 aromatic carbocycles. The zero-order chi connectivity index (χ0) is 24.5. The Labute approximate surface area is 189 Å². The molecule has 4 heterocycles. The van der Waals surface area contributed by atoms with Gasteiger partial charge in [0.1, 0.15) is 5.52 Å². The molecule has 11 nitrogen and oxygen atoms in total. The van der Waals surface area contributed by atoms with Crippen molar-refractivity contribution in [3.05, 3.63) is 39.2 Å². The quantitative estimate of drug-likeness (QED) is 0.402. The van der Waals surface area contributed by atoms with E-state index >= 15 is 0 Å². The number of anilines is 1. The monoisotopic (exact) mass is 477 g/mol. The van der Waals surface area contributed by atoms with Gasteiger partial charge in [0.25, 0.3) is 0 Å². The number of alkyl halides is 3. The number of nitrogens with one attached hydrogen (secondary N) is 2. The van der Waals surface area contributed by atoms with Gasteiger partial charge in [-0.15, -0.1) is 5.92 Å². The van der Waals surface area contributed by atoms with Crippen LogP contribution >= 0.6 is 0 Å². The molecule has 2 N–H and O–H groups in total. The molecule has 34 heavy (non-hydrogen) atoms. The molecular formula is C20H18F3N7O4. The highest BCUT2D eigenvalue weighted by Crippen LogP contribution is 2.28. The van der Waals surface area contributed by atoms with Crippen LogP contribution in [0.25, 0.3) is 16.9 Å². The number of fused-ring (bicyclic) bond motifs is 1. The number of halogens is 3. The van der Waals surface area contributed by atoms with Crippen molar-refractivity contribution in [2.75, 3.05) is 31.1 Å². The van der Waals surface area contributed by atoms with Crippen molar-refractivity contribution in [3.8, 4) is 23.5 Å². The highest BCUT2D eigenvalue weighted by Gasteiger charge is 2.42. The fourth-order valence-corrected chi connectivity index (χ4v) is 3.48. The van der Waals surface area contributed by atoms with Crippen LogP contribution in [0, 0.1) is 11.8 Å². The zero-order valence-corrected chi connectivity index (χ0v) is 17.8. The van der Waals surface area contributed by atoms with E-state index in [0.29, 0.717) is 26.2 Å². The molecule has 0 unspecified atom stereocenters. The molecule has 0 bridgehead atoms. The molecule has 0 amide bonds. The second-order valence-electron chi connectivity index (χ2n) is 7.17. The van der Waals surface area contributed by atoms with Gasteiger partial charge in [-0.1, -0.05) is 5.92 Å². The molecule has 0 atom stereocenters. The molecule has 3 aromatic rings. The molecule has 1 saturated heterocycles. The lowest BCUT2D eigenvalue weighted by molar-refractivity contribution is -0.190. The molecule has 4 rings (SSSR count). The fourth-order valence-electron chi connectivity index (χ4n) is 3.48. The van der Waals surface area contributed by atoms with Crippen molar-refractivity contribution in [3.63, 3.8) is 0 Å². The van der Waals surface area contributed by atoms with Crippen LogP contribution < -0.4 is 26.2 Å². The van der Waals surface area contributed by atoms with E-state index in [4.69, 9.17) is 0 Å². The number of aromatic nitrogens is 5. The summed E-state index contributed by atoms with van der Waals surface area (Å²) in [4.78, 5) is 48.6. The van der Waals surface area contributed by atoms with Crippen LogP contribution in [0.5, 0.6) is 6.01 Å². The number of rotatable bonds is 4. The Kier molecular flexibility index (Phi) is 6.12. The second-order valence-corrected chi connectivity index (χ2v) is 7.17. The lowest BCUT2D eigenvalue weighted by Gasteiger charge is -2.29. The number of hydrogen-bond acceptors (Lipinski definition) is 8. The molecule has 1 aliphatic rings. The number of ether oxygens (including phenoxy) is 1. The standard InChI is InChI=1S/C20H18F3N7O4/c1-2-3-8-29-14-15(28-9-6-24-7-10-28)26-18(34-17(32)20(21,22)23)27-16(14)30(19(29)33)12-4-5-13(31)25-11-12/h4-5,11,24H,6-10H2,1H3,(H,25,31). The van der Waals surface area contributed by atoms with E-state index < -0.39 is 29.4 Å². The van der Waals surface area contributed by atoms with E-state index in [0.717, 1.165) is 4.57 Å². The number of H-pyrrole nitrogens is 1. The van der Waals surface area contributed by atoms with Gasteiger partial charge in [0, 0.05) is 38.4 Å². The molecular weight excluding hydrogens is 459 g/mol. The highest BCUT2D eigenvalue weighted by molar-refractivity contribution is 5.87. The Morgan fingerprint density at radius 3 is 2.56 bits per heavy atom. The van der Waals surface area contributed by atoms with Crippen LogP contribution in [0.15, 0.2) is 27.9 Å². The Bertz CT molecular complexity index is 1400. The van der Waals surface area contributed by atoms with Crippen molar-refractivity contribution in [1.82, 2.24) is 29.4 Å². The van der Waals surface area contributed by atoms with E-state index in [2.05, 4.69) is 36.8 Å². The van der Waals surface area contributed by atoms with Gasteiger partial charge in [-0.25, -0.2) is 14.2 Å². The van der Waals surface area contributed by atoms with Crippen LogP contribution in [0.4, 0.5) is 19.0 Å². The van der Waals surface area contributed by atoms with Gasteiger partial charge < -0.3 is 19.9 Å². The number of imidazole rings is 1. The van der Waals surface area contributed by atoms with Gasteiger partial charge in [-0.05, 0) is 13.0 Å². The number of aromatic amines is 1. The summed E-state index contributed by atoms with van der Waals surface area (Å²) in [5.74, 6) is 3.11. The average Bonchev–Trinajstić information content (AvgIpc) is 3.08. The number of carbonyl (C=O) groups is 1. The maximum Gasteiger partial charge on any atom is 0.491 e. The molecule has 178 valence electrons. The third-order valence-corrected chi connectivity index (χ3v) is 5.00. The van der Waals surface area contributed by atoms with Crippen molar-refractivity contribution in [2.45, 2.75) is 19.6 Å². The number of esters is 1. The third kappa shape index (κ3) is 4.37. The maximum absolute atomic E-state index is 13.4. The first-order valence-electron chi connectivity index (χ1n) is 10.1. The van der Waals surface area contributed by atoms with Crippen LogP contribution in [0.3, 0.4) is 0 Å².